The lowest BCUT2D eigenvalue weighted by Crippen LogP contribution is -1.70. The van der Waals surface area contributed by atoms with E-state index >= 15 is 0 Å². The topological polar surface area (TPSA) is 13.1 Å². The summed E-state index contributed by atoms with van der Waals surface area (Å²) in [5.74, 6) is 0.965. The first-order valence-corrected chi connectivity index (χ1v) is 4.21. The molecule has 0 unspecified atom stereocenters. The third-order valence-electron chi connectivity index (χ3n) is 2.14. The Balaban J connectivity index is 2.88. The van der Waals surface area contributed by atoms with Crippen molar-refractivity contribution in [3.63, 3.8) is 0 Å². The summed E-state index contributed by atoms with van der Waals surface area (Å²) in [6.45, 7) is 4.00. The van der Waals surface area contributed by atoms with Crippen molar-refractivity contribution >= 4 is 22.6 Å². The van der Waals surface area contributed by atoms with Crippen LogP contribution >= 0.6 is 11.6 Å². The molecule has 2 heteroatoms. The third-order valence-corrected chi connectivity index (χ3v) is 2.37. The van der Waals surface area contributed by atoms with Gasteiger partial charge in [-0.1, -0.05) is 11.6 Å². The van der Waals surface area contributed by atoms with Crippen molar-refractivity contribution < 1.29 is 4.42 Å². The van der Waals surface area contributed by atoms with E-state index in [-0.39, 0.29) is 0 Å². The molecule has 1 heterocycles. The van der Waals surface area contributed by atoms with Crippen LogP contribution in [-0.2, 0) is 0 Å². The van der Waals surface area contributed by atoms with E-state index in [9.17, 15) is 0 Å². The van der Waals surface area contributed by atoms with Crippen LogP contribution in [0.1, 0.15) is 11.3 Å². The predicted molar refractivity (Wildman–Crippen MR) is 50.7 cm³/mol. The summed E-state index contributed by atoms with van der Waals surface area (Å²) in [4.78, 5) is 0. The van der Waals surface area contributed by atoms with Crippen molar-refractivity contribution in [2.24, 2.45) is 0 Å². The van der Waals surface area contributed by atoms with Crippen molar-refractivity contribution in [1.29, 1.82) is 0 Å². The minimum absolute atomic E-state index is 0.756. The molecule has 0 saturated heterocycles. The van der Waals surface area contributed by atoms with E-state index in [4.69, 9.17) is 16.0 Å². The number of halogens is 1. The Morgan fingerprint density at radius 3 is 2.75 bits per heavy atom. The highest BCUT2D eigenvalue weighted by molar-refractivity contribution is 6.31. The molecule has 2 aromatic rings. The Labute approximate surface area is 75.9 Å². The van der Waals surface area contributed by atoms with Gasteiger partial charge in [0.15, 0.2) is 0 Å². The largest absolute Gasteiger partial charge is 0.461 e. The average molecular weight is 181 g/mol. The van der Waals surface area contributed by atoms with Crippen LogP contribution in [0.15, 0.2) is 22.6 Å². The van der Waals surface area contributed by atoms with E-state index in [0.29, 0.717) is 0 Å². The van der Waals surface area contributed by atoms with E-state index < -0.39 is 0 Å². The van der Waals surface area contributed by atoms with Gasteiger partial charge in [-0.05, 0) is 37.6 Å². The molecule has 0 spiro atoms. The number of furan rings is 1. The van der Waals surface area contributed by atoms with Gasteiger partial charge < -0.3 is 4.42 Å². The molecule has 1 aromatic heterocycles. The molecule has 0 atom stereocenters. The normalized spacial score (nSPS) is 10.9. The van der Waals surface area contributed by atoms with Gasteiger partial charge in [-0.15, -0.1) is 0 Å². The number of rotatable bonds is 0. The Morgan fingerprint density at radius 1 is 1.25 bits per heavy atom. The maximum Gasteiger partial charge on any atom is 0.134 e. The highest BCUT2D eigenvalue weighted by Crippen LogP contribution is 2.26. The van der Waals surface area contributed by atoms with Gasteiger partial charge in [-0.3, -0.25) is 0 Å². The van der Waals surface area contributed by atoms with E-state index in [2.05, 4.69) is 0 Å². The van der Waals surface area contributed by atoms with Crippen LogP contribution in [0.25, 0.3) is 11.0 Å². The summed E-state index contributed by atoms with van der Waals surface area (Å²) >= 11 is 5.86. The smallest absolute Gasteiger partial charge is 0.134 e. The minimum Gasteiger partial charge on any atom is -0.461 e. The fraction of sp³-hybridized carbons (Fsp3) is 0.200. The first kappa shape index (κ1) is 7.69. The van der Waals surface area contributed by atoms with Crippen LogP contribution in [0, 0.1) is 13.8 Å². The second-order valence-electron chi connectivity index (χ2n) is 2.92. The van der Waals surface area contributed by atoms with Crippen LogP contribution < -0.4 is 0 Å². The lowest BCUT2D eigenvalue weighted by molar-refractivity contribution is 0.575. The first-order valence-electron chi connectivity index (χ1n) is 3.84. The van der Waals surface area contributed by atoms with Crippen molar-refractivity contribution in [3.05, 3.63) is 34.5 Å². The van der Waals surface area contributed by atoms with E-state index in [0.717, 1.165) is 21.8 Å². The Morgan fingerprint density at radius 2 is 2.00 bits per heavy atom. The summed E-state index contributed by atoms with van der Waals surface area (Å²) in [7, 11) is 0. The number of hydrogen-bond donors (Lipinski definition) is 0. The maximum atomic E-state index is 5.86. The molecule has 0 fully saturated rings. The van der Waals surface area contributed by atoms with E-state index in [1.165, 1.54) is 5.56 Å². The second-order valence-corrected chi connectivity index (χ2v) is 3.36. The minimum atomic E-state index is 0.756. The van der Waals surface area contributed by atoms with Gasteiger partial charge in [0.05, 0.1) is 0 Å². The highest BCUT2D eigenvalue weighted by Gasteiger charge is 2.05. The first-order chi connectivity index (χ1) is 5.68. The molecule has 0 N–H and O–H groups in total. The molecule has 1 nitrogen and oxygen atoms in total. The maximum absolute atomic E-state index is 5.86. The molecule has 0 aliphatic heterocycles. The Hall–Kier alpha value is -0.950. The van der Waals surface area contributed by atoms with E-state index in [1.54, 1.807) is 0 Å². The van der Waals surface area contributed by atoms with Crippen LogP contribution in [0.2, 0.25) is 5.02 Å². The molecule has 0 aliphatic rings. The van der Waals surface area contributed by atoms with Crippen LogP contribution in [0.5, 0.6) is 0 Å². The fourth-order valence-electron chi connectivity index (χ4n) is 1.32. The molecule has 62 valence electrons. The van der Waals surface area contributed by atoms with Crippen molar-refractivity contribution in [2.75, 3.05) is 0 Å². The molecule has 1 aromatic carbocycles. The summed E-state index contributed by atoms with van der Waals surface area (Å²) in [6.07, 6.45) is 0. The molecular weight excluding hydrogens is 172 g/mol. The van der Waals surface area contributed by atoms with E-state index in [1.807, 2.05) is 32.0 Å². The number of hydrogen-bond acceptors (Lipinski definition) is 1. The Kier molecular flexibility index (Phi) is 1.62. The molecule has 0 saturated carbocycles. The molecule has 12 heavy (non-hydrogen) atoms. The zero-order chi connectivity index (χ0) is 8.72. The van der Waals surface area contributed by atoms with Crippen LogP contribution in [0.4, 0.5) is 0 Å². The van der Waals surface area contributed by atoms with Gasteiger partial charge in [-0.25, -0.2) is 0 Å². The SMILES string of the molecule is Cc1oc2ccc(Cl)cc2c1C. The zero-order valence-electron chi connectivity index (χ0n) is 7.02. The monoisotopic (exact) mass is 180 g/mol. The summed E-state index contributed by atoms with van der Waals surface area (Å²) in [5.41, 5.74) is 2.09. The summed E-state index contributed by atoms with van der Waals surface area (Å²) in [5, 5.41) is 1.87. The summed E-state index contributed by atoms with van der Waals surface area (Å²) in [6, 6.07) is 5.67. The van der Waals surface area contributed by atoms with Gasteiger partial charge in [0.2, 0.25) is 0 Å². The second kappa shape index (κ2) is 2.53. The molecule has 0 aliphatic carbocycles. The lowest BCUT2D eigenvalue weighted by Gasteiger charge is -1.89. The zero-order valence-corrected chi connectivity index (χ0v) is 7.77. The van der Waals surface area contributed by atoms with Gasteiger partial charge in [0.1, 0.15) is 11.3 Å². The van der Waals surface area contributed by atoms with Gasteiger partial charge in [0.25, 0.3) is 0 Å². The number of aryl methyl sites for hydroxylation is 2. The third kappa shape index (κ3) is 1.01. The van der Waals surface area contributed by atoms with Gasteiger partial charge in [0, 0.05) is 10.4 Å². The van der Waals surface area contributed by atoms with Crippen LogP contribution in [-0.4, -0.2) is 0 Å². The van der Waals surface area contributed by atoms with Gasteiger partial charge in [-0.2, -0.15) is 0 Å². The lowest BCUT2D eigenvalue weighted by atomic mass is 10.2. The van der Waals surface area contributed by atoms with Crippen molar-refractivity contribution in [1.82, 2.24) is 0 Å². The predicted octanol–water partition coefficient (Wildman–Crippen LogP) is 3.70. The molecule has 0 bridgehead atoms. The standard InChI is InChI=1S/C10H9ClO/c1-6-7(2)12-10-4-3-8(11)5-9(6)10/h3-5H,1-2H3. The number of benzene rings is 1. The Bertz CT molecular complexity index is 429. The molecular formula is C10H9ClO. The van der Waals surface area contributed by atoms with Crippen molar-refractivity contribution in [2.45, 2.75) is 13.8 Å². The van der Waals surface area contributed by atoms with Crippen LogP contribution in [0.3, 0.4) is 0 Å². The molecule has 2 rings (SSSR count). The fourth-order valence-corrected chi connectivity index (χ4v) is 1.49. The number of fused-ring (bicyclic) bond motifs is 1. The van der Waals surface area contributed by atoms with Gasteiger partial charge >= 0.3 is 0 Å². The average Bonchev–Trinajstić information content (AvgIpc) is 2.31. The molecule has 0 amide bonds. The molecule has 0 radical (unpaired) electrons. The van der Waals surface area contributed by atoms with Crippen molar-refractivity contribution in [3.8, 4) is 0 Å². The quantitative estimate of drug-likeness (QED) is 0.603. The highest BCUT2D eigenvalue weighted by atomic mass is 35.5. The summed E-state index contributed by atoms with van der Waals surface area (Å²) < 4.78 is 5.50.